The summed E-state index contributed by atoms with van der Waals surface area (Å²) in [5.74, 6) is 0.618. The van der Waals surface area contributed by atoms with Gasteiger partial charge >= 0.3 is 0 Å². The number of nitrogens with two attached hydrogens (primary N) is 1. The van der Waals surface area contributed by atoms with E-state index < -0.39 is 0 Å². The van der Waals surface area contributed by atoms with Gasteiger partial charge in [0, 0.05) is 34.2 Å². The van der Waals surface area contributed by atoms with Gasteiger partial charge in [0.15, 0.2) is 0 Å². The maximum absolute atomic E-state index is 5.82. The van der Waals surface area contributed by atoms with Gasteiger partial charge in [0.2, 0.25) is 0 Å². The monoisotopic (exact) mass is 307 g/mol. The summed E-state index contributed by atoms with van der Waals surface area (Å²) in [6.07, 6.45) is 3.17. The summed E-state index contributed by atoms with van der Waals surface area (Å²) >= 11 is 3.64. The van der Waals surface area contributed by atoms with Crippen LogP contribution in [0.25, 0.3) is 10.9 Å². The zero-order valence-electron chi connectivity index (χ0n) is 10.5. The lowest BCUT2D eigenvalue weighted by Crippen LogP contribution is -2.20. The normalized spacial score (nSPS) is 25.1. The molecule has 0 amide bonds. The van der Waals surface area contributed by atoms with Crippen LogP contribution in [0.5, 0.6) is 0 Å². The second-order valence-electron chi connectivity index (χ2n) is 5.20. The van der Waals surface area contributed by atoms with Crippen molar-refractivity contribution in [1.29, 1.82) is 0 Å². The molecule has 0 saturated carbocycles. The minimum Gasteiger partial charge on any atom is -0.360 e. The second kappa shape index (κ2) is 4.68. The van der Waals surface area contributed by atoms with Crippen LogP contribution in [0.1, 0.15) is 18.0 Å². The number of aromatic nitrogens is 1. The molecule has 2 heterocycles. The Morgan fingerprint density at radius 1 is 1.50 bits per heavy atom. The Morgan fingerprint density at radius 3 is 3.06 bits per heavy atom. The zero-order valence-corrected chi connectivity index (χ0v) is 12.1. The van der Waals surface area contributed by atoms with Gasteiger partial charge in [-0.25, -0.2) is 0 Å². The Bertz CT molecular complexity index is 563. The maximum atomic E-state index is 5.82. The highest BCUT2D eigenvalue weighted by Gasteiger charge is 2.31. The highest BCUT2D eigenvalue weighted by atomic mass is 79.9. The van der Waals surface area contributed by atoms with E-state index in [9.17, 15) is 0 Å². The minimum atomic E-state index is 0.481. The maximum Gasteiger partial charge on any atom is 0.0469 e. The Labute approximate surface area is 115 Å². The third-order valence-electron chi connectivity index (χ3n) is 4.02. The van der Waals surface area contributed by atoms with Crippen LogP contribution in [-0.2, 0) is 0 Å². The van der Waals surface area contributed by atoms with E-state index in [2.05, 4.69) is 51.1 Å². The average molecular weight is 308 g/mol. The predicted octanol–water partition coefficient (Wildman–Crippen LogP) is 2.88. The number of benzene rings is 1. The minimum absolute atomic E-state index is 0.481. The molecule has 3 N–H and O–H groups in total. The number of likely N-dealkylation sites (tertiary alicyclic amines) is 1. The van der Waals surface area contributed by atoms with E-state index >= 15 is 0 Å². The van der Waals surface area contributed by atoms with Gasteiger partial charge in [-0.3, -0.25) is 4.90 Å². The van der Waals surface area contributed by atoms with Crippen LogP contribution < -0.4 is 5.73 Å². The number of aromatic amines is 1. The van der Waals surface area contributed by atoms with E-state index in [4.69, 9.17) is 5.73 Å². The average Bonchev–Trinajstić information content (AvgIpc) is 2.93. The third-order valence-corrected chi connectivity index (χ3v) is 4.64. The Hall–Kier alpha value is -0.840. The molecule has 0 bridgehead atoms. The summed E-state index contributed by atoms with van der Waals surface area (Å²) in [4.78, 5) is 5.72. The molecule has 96 valence electrons. The van der Waals surface area contributed by atoms with Crippen molar-refractivity contribution in [2.75, 3.05) is 20.1 Å². The molecule has 2 aromatic rings. The number of halogens is 1. The lowest BCUT2D eigenvalue weighted by Gasteiger charge is -2.20. The molecular weight excluding hydrogens is 290 g/mol. The van der Waals surface area contributed by atoms with E-state index in [0.29, 0.717) is 12.0 Å². The first kappa shape index (κ1) is 12.2. The van der Waals surface area contributed by atoms with Crippen LogP contribution in [-0.4, -0.2) is 30.0 Å². The third kappa shape index (κ3) is 1.88. The molecule has 1 aliphatic heterocycles. The van der Waals surface area contributed by atoms with Crippen molar-refractivity contribution in [3.63, 3.8) is 0 Å². The fourth-order valence-corrected chi connectivity index (χ4v) is 3.64. The first-order valence-electron chi connectivity index (χ1n) is 6.36. The van der Waals surface area contributed by atoms with Gasteiger partial charge in [-0.1, -0.05) is 12.1 Å². The summed E-state index contributed by atoms with van der Waals surface area (Å²) < 4.78 is 1.15. The molecule has 0 aliphatic carbocycles. The molecule has 2 unspecified atom stereocenters. The van der Waals surface area contributed by atoms with Crippen molar-refractivity contribution in [2.45, 2.75) is 12.5 Å². The Balaban J connectivity index is 2.06. The lowest BCUT2D eigenvalue weighted by molar-refractivity contribution is 0.315. The number of H-pyrrole nitrogens is 1. The number of hydrogen-bond acceptors (Lipinski definition) is 2. The molecule has 1 aromatic heterocycles. The van der Waals surface area contributed by atoms with Gasteiger partial charge in [-0.05, 0) is 53.5 Å². The second-order valence-corrected chi connectivity index (χ2v) is 6.05. The number of nitrogens with one attached hydrogen (secondary N) is 1. The first-order valence-corrected chi connectivity index (χ1v) is 7.15. The van der Waals surface area contributed by atoms with Crippen molar-refractivity contribution in [2.24, 2.45) is 11.7 Å². The van der Waals surface area contributed by atoms with Crippen molar-refractivity contribution in [3.05, 3.63) is 34.4 Å². The predicted molar refractivity (Wildman–Crippen MR) is 78.5 cm³/mol. The van der Waals surface area contributed by atoms with E-state index in [0.717, 1.165) is 24.0 Å². The van der Waals surface area contributed by atoms with Gasteiger partial charge in [0.25, 0.3) is 0 Å². The first-order chi connectivity index (χ1) is 8.70. The van der Waals surface area contributed by atoms with Crippen LogP contribution in [0, 0.1) is 5.92 Å². The van der Waals surface area contributed by atoms with Crippen molar-refractivity contribution >= 4 is 26.8 Å². The molecular formula is C14H18BrN3. The van der Waals surface area contributed by atoms with E-state index in [1.807, 2.05) is 6.20 Å². The Morgan fingerprint density at radius 2 is 2.33 bits per heavy atom. The van der Waals surface area contributed by atoms with Gasteiger partial charge in [0.05, 0.1) is 0 Å². The van der Waals surface area contributed by atoms with Crippen LogP contribution in [0.3, 0.4) is 0 Å². The largest absolute Gasteiger partial charge is 0.360 e. The highest BCUT2D eigenvalue weighted by Crippen LogP contribution is 2.39. The number of rotatable bonds is 2. The molecule has 3 rings (SSSR count). The van der Waals surface area contributed by atoms with Gasteiger partial charge in [-0.2, -0.15) is 0 Å². The highest BCUT2D eigenvalue weighted by molar-refractivity contribution is 9.10. The lowest BCUT2D eigenvalue weighted by atomic mass is 9.97. The topological polar surface area (TPSA) is 45.0 Å². The van der Waals surface area contributed by atoms with E-state index in [-0.39, 0.29) is 0 Å². The molecule has 1 saturated heterocycles. The fourth-order valence-electron chi connectivity index (χ4n) is 3.09. The quantitative estimate of drug-likeness (QED) is 0.896. The summed E-state index contributed by atoms with van der Waals surface area (Å²) in [5.41, 5.74) is 8.42. The van der Waals surface area contributed by atoms with Crippen molar-refractivity contribution in [1.82, 2.24) is 9.88 Å². The molecule has 4 heteroatoms. The van der Waals surface area contributed by atoms with Gasteiger partial charge in [0.1, 0.15) is 0 Å². The molecule has 1 fully saturated rings. The Kier molecular flexibility index (Phi) is 3.18. The van der Waals surface area contributed by atoms with Crippen LogP contribution in [0.15, 0.2) is 28.9 Å². The zero-order chi connectivity index (χ0) is 12.7. The van der Waals surface area contributed by atoms with Gasteiger partial charge in [-0.15, -0.1) is 0 Å². The molecule has 1 aromatic carbocycles. The number of fused-ring (bicyclic) bond motifs is 1. The SMILES string of the molecule is CN1CC(CN)CC1c1cccc2[nH]cc(Br)c12. The molecule has 2 atom stereocenters. The fraction of sp³-hybridized carbons (Fsp3) is 0.429. The summed E-state index contributed by atoms with van der Waals surface area (Å²) in [7, 11) is 2.19. The molecule has 0 radical (unpaired) electrons. The summed E-state index contributed by atoms with van der Waals surface area (Å²) in [6, 6.07) is 6.97. The van der Waals surface area contributed by atoms with Gasteiger partial charge < -0.3 is 10.7 Å². The van der Waals surface area contributed by atoms with Crippen LogP contribution in [0.4, 0.5) is 0 Å². The molecule has 3 nitrogen and oxygen atoms in total. The van der Waals surface area contributed by atoms with Crippen molar-refractivity contribution in [3.8, 4) is 0 Å². The standard InChI is InChI=1S/C14H18BrN3/c1-18-8-9(6-16)5-13(18)10-3-2-4-12-14(10)11(15)7-17-12/h2-4,7,9,13,17H,5-6,8,16H2,1H3. The number of hydrogen-bond donors (Lipinski definition) is 2. The van der Waals surface area contributed by atoms with Crippen LogP contribution in [0.2, 0.25) is 0 Å². The van der Waals surface area contributed by atoms with Crippen molar-refractivity contribution < 1.29 is 0 Å². The molecule has 1 aliphatic rings. The smallest absolute Gasteiger partial charge is 0.0469 e. The summed E-state index contributed by atoms with van der Waals surface area (Å²) in [6.45, 7) is 1.88. The molecule has 18 heavy (non-hydrogen) atoms. The van der Waals surface area contributed by atoms with E-state index in [1.54, 1.807) is 0 Å². The van der Waals surface area contributed by atoms with Crippen LogP contribution >= 0.6 is 15.9 Å². The number of nitrogens with zero attached hydrogens (tertiary/aromatic N) is 1. The summed E-state index contributed by atoms with van der Waals surface area (Å²) in [5, 5.41) is 1.31. The molecule has 0 spiro atoms. The van der Waals surface area contributed by atoms with E-state index in [1.165, 1.54) is 16.5 Å².